The number of rotatable bonds is 4. The van der Waals surface area contributed by atoms with Crippen LogP contribution in [0, 0.1) is 0 Å². The normalized spacial score (nSPS) is 19.8. The maximum absolute atomic E-state index is 3.89. The van der Waals surface area contributed by atoms with Crippen molar-refractivity contribution in [3.63, 3.8) is 0 Å². The highest BCUT2D eigenvalue weighted by atomic mass is 79.9. The molecule has 16 heavy (non-hydrogen) atoms. The molecule has 1 aliphatic rings. The van der Waals surface area contributed by atoms with Gasteiger partial charge in [-0.3, -0.25) is 0 Å². The first-order chi connectivity index (χ1) is 7.79. The van der Waals surface area contributed by atoms with Gasteiger partial charge >= 0.3 is 0 Å². The van der Waals surface area contributed by atoms with Gasteiger partial charge in [-0.15, -0.1) is 0 Å². The van der Waals surface area contributed by atoms with Crippen molar-refractivity contribution >= 4 is 15.9 Å². The van der Waals surface area contributed by atoms with Crippen LogP contribution in [0.4, 0.5) is 0 Å². The number of hydrogen-bond acceptors (Lipinski definition) is 1. The van der Waals surface area contributed by atoms with Gasteiger partial charge in [0.25, 0.3) is 0 Å². The maximum Gasteiger partial charge on any atom is 0.0360 e. The second-order valence-corrected chi connectivity index (χ2v) is 4.90. The van der Waals surface area contributed by atoms with Crippen LogP contribution >= 0.6 is 15.9 Å². The molecule has 0 radical (unpaired) electrons. The largest absolute Gasteiger partial charge is 0.372 e. The molecule has 0 unspecified atom stereocenters. The van der Waals surface area contributed by atoms with Gasteiger partial charge in [0.15, 0.2) is 0 Å². The van der Waals surface area contributed by atoms with Crippen LogP contribution in [0.15, 0.2) is 35.5 Å². The van der Waals surface area contributed by atoms with Gasteiger partial charge in [-0.2, -0.15) is 0 Å². The Labute approximate surface area is 108 Å². The van der Waals surface area contributed by atoms with Gasteiger partial charge in [-0.1, -0.05) is 54.3 Å². The zero-order valence-electron chi connectivity index (χ0n) is 10.2. The number of hydrogen-bond donors (Lipinski definition) is 0. The molecule has 0 atom stereocenters. The summed E-state index contributed by atoms with van der Waals surface area (Å²) in [6, 6.07) is 0.690. The van der Waals surface area contributed by atoms with Gasteiger partial charge in [0.2, 0.25) is 0 Å². The molecule has 1 fully saturated rings. The van der Waals surface area contributed by atoms with E-state index in [-0.39, 0.29) is 0 Å². The van der Waals surface area contributed by atoms with E-state index in [1.807, 2.05) is 17.1 Å². The fourth-order valence-electron chi connectivity index (χ4n) is 2.32. The van der Waals surface area contributed by atoms with E-state index in [2.05, 4.69) is 40.5 Å². The number of nitrogens with zero attached hydrogens (tertiary/aromatic N) is 1. The van der Waals surface area contributed by atoms with Crippen LogP contribution in [0.1, 0.15) is 38.5 Å². The monoisotopic (exact) mass is 283 g/mol. The molecule has 0 aliphatic heterocycles. The maximum atomic E-state index is 3.89. The van der Waals surface area contributed by atoms with Gasteiger partial charge in [-0.25, -0.2) is 0 Å². The molecular formula is C14H22BrN. The summed E-state index contributed by atoms with van der Waals surface area (Å²) in [6.07, 6.45) is 14.2. The van der Waals surface area contributed by atoms with Crippen molar-refractivity contribution in [3.05, 3.63) is 35.5 Å². The summed E-state index contributed by atoms with van der Waals surface area (Å²) in [5.74, 6) is 0. The van der Waals surface area contributed by atoms with E-state index < -0.39 is 0 Å². The molecule has 1 aliphatic carbocycles. The van der Waals surface area contributed by atoms with Gasteiger partial charge in [-0.05, 0) is 30.0 Å². The van der Waals surface area contributed by atoms with Gasteiger partial charge in [0.1, 0.15) is 0 Å². The van der Waals surface area contributed by atoms with Crippen LogP contribution in [-0.4, -0.2) is 18.0 Å². The second kappa shape index (κ2) is 7.72. The van der Waals surface area contributed by atoms with Crippen molar-refractivity contribution in [2.45, 2.75) is 44.6 Å². The molecular weight excluding hydrogens is 262 g/mol. The van der Waals surface area contributed by atoms with Crippen molar-refractivity contribution in [2.75, 3.05) is 7.05 Å². The summed E-state index contributed by atoms with van der Waals surface area (Å²) in [7, 11) is 2.19. The first-order valence-electron chi connectivity index (χ1n) is 6.12. The summed E-state index contributed by atoms with van der Waals surface area (Å²) in [6.45, 7) is 3.89. The van der Waals surface area contributed by atoms with E-state index in [4.69, 9.17) is 0 Å². The molecule has 0 spiro atoms. The summed E-state index contributed by atoms with van der Waals surface area (Å²) < 4.78 is 0. The highest BCUT2D eigenvalue weighted by Gasteiger charge is 2.17. The van der Waals surface area contributed by atoms with Crippen LogP contribution in [0.25, 0.3) is 0 Å². The molecule has 0 aromatic heterocycles. The molecule has 90 valence electrons. The van der Waals surface area contributed by atoms with E-state index >= 15 is 0 Å². The quantitative estimate of drug-likeness (QED) is 0.538. The SMILES string of the molecule is C=C/C(=C\C=C\Br)N(C)C1CCCCCC1. The van der Waals surface area contributed by atoms with E-state index in [1.54, 1.807) is 0 Å². The molecule has 0 aromatic carbocycles. The number of allylic oxidation sites excluding steroid dienone is 3. The molecule has 0 heterocycles. The number of likely N-dealkylation sites (N-methyl/N-ethyl adjacent to an activating group) is 1. The lowest BCUT2D eigenvalue weighted by molar-refractivity contribution is 0.283. The topological polar surface area (TPSA) is 3.24 Å². The third-order valence-corrected chi connectivity index (χ3v) is 3.63. The van der Waals surface area contributed by atoms with Crippen LogP contribution in [0.5, 0.6) is 0 Å². The van der Waals surface area contributed by atoms with E-state index in [9.17, 15) is 0 Å². The van der Waals surface area contributed by atoms with Crippen molar-refractivity contribution in [3.8, 4) is 0 Å². The van der Waals surface area contributed by atoms with E-state index in [0.717, 1.165) is 0 Å². The molecule has 0 aromatic rings. The molecule has 0 N–H and O–H groups in total. The minimum absolute atomic E-state index is 0.690. The predicted molar refractivity (Wildman–Crippen MR) is 75.6 cm³/mol. The van der Waals surface area contributed by atoms with Gasteiger partial charge in [0, 0.05) is 18.8 Å². The average Bonchev–Trinajstić information content (AvgIpc) is 2.58. The third kappa shape index (κ3) is 4.17. The highest BCUT2D eigenvalue weighted by molar-refractivity contribution is 9.11. The summed E-state index contributed by atoms with van der Waals surface area (Å²) in [5.41, 5.74) is 1.21. The van der Waals surface area contributed by atoms with Crippen molar-refractivity contribution < 1.29 is 0 Å². The van der Waals surface area contributed by atoms with Crippen LogP contribution in [-0.2, 0) is 0 Å². The zero-order valence-corrected chi connectivity index (χ0v) is 11.7. The van der Waals surface area contributed by atoms with Gasteiger partial charge in [0.05, 0.1) is 0 Å². The van der Waals surface area contributed by atoms with Crippen molar-refractivity contribution in [2.24, 2.45) is 0 Å². The predicted octanol–water partition coefficient (Wildman–Crippen LogP) is 4.62. The Kier molecular flexibility index (Phi) is 6.55. The summed E-state index contributed by atoms with van der Waals surface area (Å²) >= 11 is 3.29. The average molecular weight is 284 g/mol. The minimum Gasteiger partial charge on any atom is -0.372 e. The smallest absolute Gasteiger partial charge is 0.0360 e. The van der Waals surface area contributed by atoms with Crippen molar-refractivity contribution in [1.29, 1.82) is 0 Å². The highest BCUT2D eigenvalue weighted by Crippen LogP contribution is 2.23. The molecule has 2 heteroatoms. The van der Waals surface area contributed by atoms with Gasteiger partial charge < -0.3 is 4.90 Å². The van der Waals surface area contributed by atoms with Crippen molar-refractivity contribution in [1.82, 2.24) is 4.90 Å². The van der Waals surface area contributed by atoms with Crippen LogP contribution < -0.4 is 0 Å². The lowest BCUT2D eigenvalue weighted by Crippen LogP contribution is -2.29. The Morgan fingerprint density at radius 1 is 1.25 bits per heavy atom. The third-order valence-electron chi connectivity index (χ3n) is 3.33. The van der Waals surface area contributed by atoms with Crippen LogP contribution in [0.3, 0.4) is 0 Å². The first-order valence-corrected chi connectivity index (χ1v) is 7.03. The lowest BCUT2D eigenvalue weighted by Gasteiger charge is -2.30. The first kappa shape index (κ1) is 13.6. The molecule has 1 nitrogen and oxygen atoms in total. The Morgan fingerprint density at radius 3 is 2.38 bits per heavy atom. The minimum atomic E-state index is 0.690. The fraction of sp³-hybridized carbons (Fsp3) is 0.571. The number of halogens is 1. The van der Waals surface area contributed by atoms with E-state index in [1.165, 1.54) is 44.2 Å². The Bertz CT molecular complexity index is 260. The lowest BCUT2D eigenvalue weighted by atomic mass is 10.1. The molecule has 0 saturated heterocycles. The Hall–Kier alpha value is -0.500. The standard InChI is InChI=1S/C14H22BrN/c1-3-13(11-8-12-15)16(2)14-9-6-4-5-7-10-14/h3,8,11-12,14H,1,4-7,9-10H2,2H3/b12-8+,13-11+. The Balaban J connectivity index is 2.65. The van der Waals surface area contributed by atoms with E-state index in [0.29, 0.717) is 6.04 Å². The molecule has 0 amide bonds. The van der Waals surface area contributed by atoms with Crippen LogP contribution in [0.2, 0.25) is 0 Å². The molecule has 1 rings (SSSR count). The second-order valence-electron chi connectivity index (χ2n) is 4.37. The molecule has 0 bridgehead atoms. The summed E-state index contributed by atoms with van der Waals surface area (Å²) in [5, 5.41) is 0. The molecule has 1 saturated carbocycles. The Morgan fingerprint density at radius 2 is 1.88 bits per heavy atom. The zero-order chi connectivity index (χ0) is 11.8. The fourth-order valence-corrected chi connectivity index (χ4v) is 2.47. The summed E-state index contributed by atoms with van der Waals surface area (Å²) in [4.78, 5) is 4.25.